The first-order valence-electron chi connectivity index (χ1n) is 7.29. The van der Waals surface area contributed by atoms with Crippen LogP contribution in [0.25, 0.3) is 0 Å². The highest BCUT2D eigenvalue weighted by Gasteiger charge is 2.23. The quantitative estimate of drug-likeness (QED) is 0.785. The summed E-state index contributed by atoms with van der Waals surface area (Å²) in [7, 11) is 0. The van der Waals surface area contributed by atoms with Crippen LogP contribution in [0.1, 0.15) is 50.2 Å². The fourth-order valence-electron chi connectivity index (χ4n) is 2.07. The van der Waals surface area contributed by atoms with Crippen molar-refractivity contribution in [3.05, 3.63) is 23.3 Å². The van der Waals surface area contributed by atoms with Gasteiger partial charge in [0.25, 0.3) is 0 Å². The second-order valence-electron chi connectivity index (χ2n) is 5.84. The van der Waals surface area contributed by atoms with Gasteiger partial charge in [0.1, 0.15) is 5.75 Å². The molecule has 0 bridgehead atoms. The van der Waals surface area contributed by atoms with E-state index in [0.29, 0.717) is 25.0 Å². The van der Waals surface area contributed by atoms with Crippen LogP contribution in [0.15, 0.2) is 12.1 Å². The summed E-state index contributed by atoms with van der Waals surface area (Å²) in [4.78, 5) is 11.6. The minimum atomic E-state index is 0.0748. The number of nitrogens with two attached hydrogens (primary N) is 1. The van der Waals surface area contributed by atoms with Crippen molar-refractivity contribution in [2.75, 3.05) is 12.3 Å². The number of carbonyl (C=O) groups is 1. The number of ether oxygens (including phenoxy) is 1. The summed E-state index contributed by atoms with van der Waals surface area (Å²) in [6, 6.07) is 4.34. The summed E-state index contributed by atoms with van der Waals surface area (Å²) >= 11 is 0. The molecule has 0 heterocycles. The molecular weight excluding hydrogens is 252 g/mol. The number of benzene rings is 1. The van der Waals surface area contributed by atoms with Crippen LogP contribution in [0.2, 0.25) is 0 Å². The molecule has 1 aliphatic rings. The zero-order chi connectivity index (χ0) is 14.7. The lowest BCUT2D eigenvalue weighted by atomic mass is 9.99. The van der Waals surface area contributed by atoms with Crippen LogP contribution in [0.5, 0.6) is 5.75 Å². The summed E-state index contributed by atoms with van der Waals surface area (Å²) in [5, 5.41) is 2.96. The SMILES string of the molecule is Cc1cc(OCCC(=O)NC2CC2)c(C(C)C)cc1N. The standard InChI is InChI=1S/C16H24N2O2/c1-10(2)13-9-14(17)11(3)8-15(13)20-7-6-16(19)18-12-4-5-12/h8-10,12H,4-7,17H2,1-3H3,(H,18,19). The van der Waals surface area contributed by atoms with Crippen molar-refractivity contribution in [1.29, 1.82) is 0 Å². The highest BCUT2D eigenvalue weighted by atomic mass is 16.5. The fourth-order valence-corrected chi connectivity index (χ4v) is 2.07. The van der Waals surface area contributed by atoms with E-state index in [0.717, 1.165) is 35.4 Å². The average molecular weight is 276 g/mol. The summed E-state index contributed by atoms with van der Waals surface area (Å²) in [6.45, 7) is 6.58. The van der Waals surface area contributed by atoms with Gasteiger partial charge in [0, 0.05) is 11.7 Å². The molecule has 1 aromatic rings. The third-order valence-corrected chi connectivity index (χ3v) is 3.55. The molecule has 0 saturated heterocycles. The normalized spacial score (nSPS) is 14.4. The molecule has 0 radical (unpaired) electrons. The van der Waals surface area contributed by atoms with Crippen molar-refractivity contribution >= 4 is 11.6 Å². The topological polar surface area (TPSA) is 64.3 Å². The van der Waals surface area contributed by atoms with E-state index in [1.165, 1.54) is 0 Å². The molecule has 1 amide bonds. The highest BCUT2D eigenvalue weighted by molar-refractivity contribution is 5.76. The van der Waals surface area contributed by atoms with Gasteiger partial charge in [-0.2, -0.15) is 0 Å². The van der Waals surface area contributed by atoms with Gasteiger partial charge in [-0.25, -0.2) is 0 Å². The Morgan fingerprint density at radius 3 is 2.75 bits per heavy atom. The van der Waals surface area contributed by atoms with Crippen LogP contribution in [-0.2, 0) is 4.79 Å². The molecule has 0 aromatic heterocycles. The molecule has 1 fully saturated rings. The van der Waals surface area contributed by atoms with Gasteiger partial charge in [0.15, 0.2) is 0 Å². The van der Waals surface area contributed by atoms with Gasteiger partial charge < -0.3 is 15.8 Å². The molecule has 20 heavy (non-hydrogen) atoms. The number of anilines is 1. The molecule has 110 valence electrons. The lowest BCUT2D eigenvalue weighted by molar-refractivity contribution is -0.121. The zero-order valence-electron chi connectivity index (χ0n) is 12.5. The first kappa shape index (κ1) is 14.7. The number of aryl methyl sites for hydroxylation is 1. The van der Waals surface area contributed by atoms with Crippen LogP contribution < -0.4 is 15.8 Å². The molecule has 1 saturated carbocycles. The number of carbonyl (C=O) groups excluding carboxylic acids is 1. The van der Waals surface area contributed by atoms with Crippen molar-refractivity contribution in [3.8, 4) is 5.75 Å². The molecule has 0 aliphatic heterocycles. The highest BCUT2D eigenvalue weighted by Crippen LogP contribution is 2.31. The van der Waals surface area contributed by atoms with Crippen molar-refractivity contribution in [2.45, 2.75) is 52.0 Å². The van der Waals surface area contributed by atoms with Crippen LogP contribution in [0, 0.1) is 6.92 Å². The van der Waals surface area contributed by atoms with Gasteiger partial charge in [-0.05, 0) is 48.9 Å². The third-order valence-electron chi connectivity index (χ3n) is 3.55. The Morgan fingerprint density at radius 1 is 1.45 bits per heavy atom. The number of hydrogen-bond acceptors (Lipinski definition) is 3. The molecule has 3 N–H and O–H groups in total. The predicted molar refractivity (Wildman–Crippen MR) is 81.0 cm³/mol. The first-order chi connectivity index (χ1) is 9.47. The van der Waals surface area contributed by atoms with E-state index < -0.39 is 0 Å². The van der Waals surface area contributed by atoms with E-state index in [4.69, 9.17) is 10.5 Å². The van der Waals surface area contributed by atoms with E-state index in [-0.39, 0.29) is 5.91 Å². The molecule has 2 rings (SSSR count). The lowest BCUT2D eigenvalue weighted by Gasteiger charge is -2.16. The van der Waals surface area contributed by atoms with Gasteiger partial charge >= 0.3 is 0 Å². The monoisotopic (exact) mass is 276 g/mol. The van der Waals surface area contributed by atoms with Crippen LogP contribution >= 0.6 is 0 Å². The second-order valence-corrected chi connectivity index (χ2v) is 5.84. The molecule has 0 atom stereocenters. The molecule has 4 heteroatoms. The molecule has 0 spiro atoms. The number of rotatable bonds is 6. The van der Waals surface area contributed by atoms with Crippen LogP contribution in [0.4, 0.5) is 5.69 Å². The summed E-state index contributed by atoms with van der Waals surface area (Å²) < 4.78 is 5.79. The van der Waals surface area contributed by atoms with Gasteiger partial charge in [-0.3, -0.25) is 4.79 Å². The van der Waals surface area contributed by atoms with Gasteiger partial charge in [-0.15, -0.1) is 0 Å². The van der Waals surface area contributed by atoms with E-state index >= 15 is 0 Å². The van der Waals surface area contributed by atoms with E-state index in [9.17, 15) is 4.79 Å². The van der Waals surface area contributed by atoms with E-state index in [1.54, 1.807) is 0 Å². The van der Waals surface area contributed by atoms with E-state index in [2.05, 4.69) is 19.2 Å². The first-order valence-corrected chi connectivity index (χ1v) is 7.29. The minimum Gasteiger partial charge on any atom is -0.493 e. The maximum atomic E-state index is 11.6. The lowest BCUT2D eigenvalue weighted by Crippen LogP contribution is -2.26. The Kier molecular flexibility index (Phi) is 4.53. The molecule has 1 aliphatic carbocycles. The minimum absolute atomic E-state index is 0.0748. The van der Waals surface area contributed by atoms with Gasteiger partial charge in [-0.1, -0.05) is 13.8 Å². The Hall–Kier alpha value is -1.71. The van der Waals surface area contributed by atoms with Crippen molar-refractivity contribution in [1.82, 2.24) is 5.32 Å². The second kappa shape index (κ2) is 6.16. The summed E-state index contributed by atoms with van der Waals surface area (Å²) in [5.41, 5.74) is 8.83. The summed E-state index contributed by atoms with van der Waals surface area (Å²) in [6.07, 6.45) is 2.62. The van der Waals surface area contributed by atoms with Gasteiger partial charge in [0.2, 0.25) is 5.91 Å². The number of nitrogen functional groups attached to an aromatic ring is 1. The molecule has 4 nitrogen and oxygen atoms in total. The van der Waals surface area contributed by atoms with Crippen LogP contribution in [0.3, 0.4) is 0 Å². The number of amides is 1. The molecular formula is C16H24N2O2. The Bertz CT molecular complexity index is 493. The maximum absolute atomic E-state index is 11.6. The zero-order valence-corrected chi connectivity index (χ0v) is 12.5. The van der Waals surface area contributed by atoms with Crippen molar-refractivity contribution in [3.63, 3.8) is 0 Å². The fraction of sp³-hybridized carbons (Fsp3) is 0.562. The average Bonchev–Trinajstić information content (AvgIpc) is 3.16. The van der Waals surface area contributed by atoms with Crippen molar-refractivity contribution < 1.29 is 9.53 Å². The Labute approximate surface area is 120 Å². The Balaban J connectivity index is 1.93. The molecule has 1 aromatic carbocycles. The smallest absolute Gasteiger partial charge is 0.223 e. The molecule has 0 unspecified atom stereocenters. The summed E-state index contributed by atoms with van der Waals surface area (Å²) in [5.74, 6) is 1.25. The predicted octanol–water partition coefficient (Wildman–Crippen LogP) is 2.75. The van der Waals surface area contributed by atoms with Gasteiger partial charge in [0.05, 0.1) is 13.0 Å². The Morgan fingerprint density at radius 2 is 2.15 bits per heavy atom. The third kappa shape index (κ3) is 3.89. The number of nitrogens with one attached hydrogen (secondary N) is 1. The maximum Gasteiger partial charge on any atom is 0.223 e. The largest absolute Gasteiger partial charge is 0.493 e. The van der Waals surface area contributed by atoms with E-state index in [1.807, 2.05) is 19.1 Å². The number of hydrogen-bond donors (Lipinski definition) is 2. The van der Waals surface area contributed by atoms with Crippen LogP contribution in [-0.4, -0.2) is 18.6 Å². The van der Waals surface area contributed by atoms with Crippen molar-refractivity contribution in [2.24, 2.45) is 0 Å².